The lowest BCUT2D eigenvalue weighted by Gasteiger charge is -2.41. The van der Waals surface area contributed by atoms with E-state index >= 15 is 0 Å². The van der Waals surface area contributed by atoms with E-state index in [2.05, 4.69) is 29.2 Å². The topological polar surface area (TPSA) is 47.0 Å². The third-order valence-corrected chi connectivity index (χ3v) is 6.02. The molecule has 0 spiro atoms. The minimum absolute atomic E-state index is 0.105. The molecule has 126 valence electrons. The molecule has 0 aliphatic heterocycles. The molecule has 1 saturated carbocycles. The van der Waals surface area contributed by atoms with Crippen molar-refractivity contribution in [2.45, 2.75) is 44.1 Å². The SMILES string of the molecule is COC(=O)c1c[nH]c(=S)n1C1CC2CCCCC2c2ccccc21. The van der Waals surface area contributed by atoms with Gasteiger partial charge in [-0.25, -0.2) is 4.79 Å². The number of ether oxygens (including phenoxy) is 1. The van der Waals surface area contributed by atoms with Gasteiger partial charge in [-0.05, 0) is 54.4 Å². The number of esters is 1. The number of carbonyl (C=O) groups excluding carboxylic acids is 1. The van der Waals surface area contributed by atoms with Gasteiger partial charge in [-0.1, -0.05) is 37.1 Å². The minimum atomic E-state index is -0.342. The van der Waals surface area contributed by atoms with Crippen LogP contribution in [0.5, 0.6) is 0 Å². The number of hydrogen-bond acceptors (Lipinski definition) is 3. The number of nitrogens with one attached hydrogen (secondary N) is 1. The zero-order valence-corrected chi connectivity index (χ0v) is 14.6. The summed E-state index contributed by atoms with van der Waals surface area (Å²) in [5.74, 6) is 0.979. The molecule has 4 nitrogen and oxygen atoms in total. The summed E-state index contributed by atoms with van der Waals surface area (Å²) in [7, 11) is 1.41. The molecule has 3 unspecified atom stereocenters. The van der Waals surface area contributed by atoms with E-state index in [0.717, 1.165) is 6.42 Å². The monoisotopic (exact) mass is 342 g/mol. The fraction of sp³-hybridized carbons (Fsp3) is 0.474. The van der Waals surface area contributed by atoms with E-state index in [4.69, 9.17) is 17.0 Å². The number of nitrogens with zero attached hydrogens (tertiary/aromatic N) is 1. The van der Waals surface area contributed by atoms with Crippen LogP contribution >= 0.6 is 12.2 Å². The molecule has 1 fully saturated rings. The van der Waals surface area contributed by atoms with Crippen molar-refractivity contribution in [2.24, 2.45) is 5.92 Å². The molecule has 1 aromatic heterocycles. The number of carbonyl (C=O) groups is 1. The summed E-state index contributed by atoms with van der Waals surface area (Å²) in [6.45, 7) is 0. The highest BCUT2D eigenvalue weighted by molar-refractivity contribution is 7.71. The second-order valence-corrected chi connectivity index (χ2v) is 7.26. The number of hydrogen-bond donors (Lipinski definition) is 1. The van der Waals surface area contributed by atoms with Gasteiger partial charge in [0.15, 0.2) is 4.77 Å². The van der Waals surface area contributed by atoms with E-state index in [9.17, 15) is 4.79 Å². The van der Waals surface area contributed by atoms with Gasteiger partial charge >= 0.3 is 5.97 Å². The van der Waals surface area contributed by atoms with Crippen molar-refractivity contribution in [3.05, 3.63) is 52.1 Å². The lowest BCUT2D eigenvalue weighted by atomic mass is 9.66. The standard InChI is InChI=1S/C19H22N2O2S/c1-23-18(22)17-11-20-19(24)21(17)16-10-12-6-2-3-7-13(12)14-8-4-5-9-15(14)16/h4-5,8-9,11-13,16H,2-3,6-7,10H2,1H3,(H,20,24). The maximum absolute atomic E-state index is 12.2. The van der Waals surface area contributed by atoms with Crippen molar-refractivity contribution in [3.8, 4) is 0 Å². The maximum Gasteiger partial charge on any atom is 0.356 e. The molecule has 1 heterocycles. The van der Waals surface area contributed by atoms with Crippen LogP contribution in [0.4, 0.5) is 0 Å². The molecule has 2 aliphatic carbocycles. The molecule has 1 aromatic carbocycles. The van der Waals surface area contributed by atoms with Crippen molar-refractivity contribution < 1.29 is 9.53 Å². The maximum atomic E-state index is 12.2. The van der Waals surface area contributed by atoms with Crippen molar-refractivity contribution >= 4 is 18.2 Å². The van der Waals surface area contributed by atoms with Crippen LogP contribution in [0.15, 0.2) is 30.5 Å². The molecule has 0 bridgehead atoms. The molecular weight excluding hydrogens is 320 g/mol. The number of H-pyrrole nitrogens is 1. The van der Waals surface area contributed by atoms with E-state index < -0.39 is 0 Å². The predicted octanol–water partition coefficient (Wildman–Crippen LogP) is 4.60. The number of fused-ring (bicyclic) bond motifs is 3. The summed E-state index contributed by atoms with van der Waals surface area (Å²) in [5, 5.41) is 0. The van der Waals surface area contributed by atoms with Crippen LogP contribution in [0.1, 0.15) is 65.7 Å². The summed E-state index contributed by atoms with van der Waals surface area (Å²) in [4.78, 5) is 15.2. The largest absolute Gasteiger partial charge is 0.464 e. The molecule has 4 rings (SSSR count). The Morgan fingerprint density at radius 1 is 1.25 bits per heavy atom. The van der Waals surface area contributed by atoms with Crippen molar-refractivity contribution in [1.82, 2.24) is 9.55 Å². The summed E-state index contributed by atoms with van der Waals surface area (Å²) in [6, 6.07) is 8.78. The molecule has 1 N–H and O–H groups in total. The highest BCUT2D eigenvalue weighted by atomic mass is 32.1. The van der Waals surface area contributed by atoms with E-state index in [-0.39, 0.29) is 12.0 Å². The Labute approximate surface area is 146 Å². The first-order valence-corrected chi connectivity index (χ1v) is 9.08. The third-order valence-electron chi connectivity index (χ3n) is 5.71. The van der Waals surface area contributed by atoms with Crippen LogP contribution in [-0.4, -0.2) is 22.6 Å². The molecule has 0 amide bonds. The van der Waals surface area contributed by atoms with E-state index in [1.54, 1.807) is 6.20 Å². The Balaban J connectivity index is 1.86. The Hall–Kier alpha value is -1.88. The zero-order chi connectivity index (χ0) is 16.7. The van der Waals surface area contributed by atoms with Gasteiger partial charge < -0.3 is 14.3 Å². The highest BCUT2D eigenvalue weighted by Gasteiger charge is 2.38. The fourth-order valence-electron chi connectivity index (χ4n) is 4.66. The number of aromatic amines is 1. The van der Waals surface area contributed by atoms with Gasteiger partial charge in [0.1, 0.15) is 5.69 Å². The quantitative estimate of drug-likeness (QED) is 0.641. The molecule has 0 saturated heterocycles. The van der Waals surface area contributed by atoms with Crippen molar-refractivity contribution in [3.63, 3.8) is 0 Å². The number of rotatable bonds is 2. The van der Waals surface area contributed by atoms with Gasteiger partial charge in [0, 0.05) is 6.20 Å². The number of methoxy groups -OCH3 is 1. The first-order chi connectivity index (χ1) is 11.7. The number of benzene rings is 1. The molecule has 3 atom stereocenters. The van der Waals surface area contributed by atoms with Crippen LogP contribution < -0.4 is 0 Å². The first-order valence-electron chi connectivity index (χ1n) is 8.67. The van der Waals surface area contributed by atoms with Crippen LogP contribution in [0.25, 0.3) is 0 Å². The van der Waals surface area contributed by atoms with Gasteiger partial charge in [0.2, 0.25) is 0 Å². The second-order valence-electron chi connectivity index (χ2n) is 6.87. The van der Waals surface area contributed by atoms with Gasteiger partial charge in [-0.3, -0.25) is 0 Å². The highest BCUT2D eigenvalue weighted by Crippen LogP contribution is 2.49. The lowest BCUT2D eigenvalue weighted by molar-refractivity contribution is 0.0585. The first kappa shape index (κ1) is 15.6. The fourth-order valence-corrected chi connectivity index (χ4v) is 4.94. The summed E-state index contributed by atoms with van der Waals surface area (Å²) in [6.07, 6.45) is 7.87. The average molecular weight is 342 g/mol. The van der Waals surface area contributed by atoms with E-state index in [1.165, 1.54) is 43.9 Å². The Bertz CT molecular complexity index is 823. The van der Waals surface area contributed by atoms with Gasteiger partial charge in [0.05, 0.1) is 13.2 Å². The third kappa shape index (κ3) is 2.42. The van der Waals surface area contributed by atoms with Gasteiger partial charge in [-0.15, -0.1) is 0 Å². The van der Waals surface area contributed by atoms with Crippen LogP contribution in [-0.2, 0) is 4.74 Å². The number of imidazole rings is 1. The lowest BCUT2D eigenvalue weighted by Crippen LogP contribution is -2.30. The van der Waals surface area contributed by atoms with E-state index in [0.29, 0.717) is 22.3 Å². The van der Waals surface area contributed by atoms with Crippen molar-refractivity contribution in [2.75, 3.05) is 7.11 Å². The smallest absolute Gasteiger partial charge is 0.356 e. The molecule has 24 heavy (non-hydrogen) atoms. The predicted molar refractivity (Wildman–Crippen MR) is 94.9 cm³/mol. The van der Waals surface area contributed by atoms with E-state index in [1.807, 2.05) is 4.57 Å². The van der Waals surface area contributed by atoms with Gasteiger partial charge in [-0.2, -0.15) is 0 Å². The second kappa shape index (κ2) is 6.20. The van der Waals surface area contributed by atoms with Crippen LogP contribution in [0.3, 0.4) is 0 Å². The number of aromatic nitrogens is 2. The van der Waals surface area contributed by atoms with Crippen LogP contribution in [0.2, 0.25) is 0 Å². The molecule has 2 aromatic rings. The normalized spacial score (nSPS) is 25.6. The Kier molecular flexibility index (Phi) is 4.04. The van der Waals surface area contributed by atoms with Crippen LogP contribution in [0, 0.1) is 10.7 Å². The minimum Gasteiger partial charge on any atom is -0.464 e. The molecule has 0 radical (unpaired) electrons. The van der Waals surface area contributed by atoms with Crippen molar-refractivity contribution in [1.29, 1.82) is 0 Å². The molecular formula is C19H22N2O2S. The zero-order valence-electron chi connectivity index (χ0n) is 13.8. The molecule has 2 aliphatic rings. The summed E-state index contributed by atoms with van der Waals surface area (Å²) >= 11 is 5.50. The van der Waals surface area contributed by atoms with Gasteiger partial charge in [0.25, 0.3) is 0 Å². The summed E-state index contributed by atoms with van der Waals surface area (Å²) < 4.78 is 7.50. The summed E-state index contributed by atoms with van der Waals surface area (Å²) in [5.41, 5.74) is 3.26. The Morgan fingerprint density at radius 3 is 2.79 bits per heavy atom. The average Bonchev–Trinajstić information content (AvgIpc) is 3.01. The molecule has 5 heteroatoms. The Morgan fingerprint density at radius 2 is 2.00 bits per heavy atom.